The van der Waals surface area contributed by atoms with E-state index in [0.717, 1.165) is 18.7 Å². The monoisotopic (exact) mass is 254 g/mol. The molecule has 2 rings (SSSR count). The zero-order valence-electron chi connectivity index (χ0n) is 10.2. The lowest BCUT2D eigenvalue weighted by Crippen LogP contribution is -2.40. The summed E-state index contributed by atoms with van der Waals surface area (Å²) in [5.41, 5.74) is -0.353. The Hall–Kier alpha value is -1.49. The topological polar surface area (TPSA) is 41.1 Å². The fourth-order valence-electron chi connectivity index (χ4n) is 2.21. The van der Waals surface area contributed by atoms with Crippen molar-refractivity contribution >= 4 is 11.6 Å². The third-order valence-corrected chi connectivity index (χ3v) is 3.21. The minimum absolute atomic E-state index is 0.194. The van der Waals surface area contributed by atoms with E-state index in [1.54, 1.807) is 0 Å². The van der Waals surface area contributed by atoms with Gasteiger partial charge in [0.25, 0.3) is 0 Å². The van der Waals surface area contributed by atoms with E-state index in [1.807, 2.05) is 6.92 Å². The first kappa shape index (κ1) is 13.0. The van der Waals surface area contributed by atoms with E-state index in [0.29, 0.717) is 12.8 Å². The average molecular weight is 254 g/mol. The predicted octanol–water partition coefficient (Wildman–Crippen LogP) is 2.29. The van der Waals surface area contributed by atoms with Crippen molar-refractivity contribution in [1.82, 2.24) is 5.32 Å². The summed E-state index contributed by atoms with van der Waals surface area (Å²) in [6.45, 7) is 2.74. The lowest BCUT2D eigenvalue weighted by molar-refractivity contribution is -0.120. The highest BCUT2D eigenvalue weighted by Crippen LogP contribution is 2.22. The second-order valence-corrected chi connectivity index (χ2v) is 4.66. The molecular formula is C13H16F2N2O. The molecule has 1 fully saturated rings. The fourth-order valence-corrected chi connectivity index (χ4v) is 2.21. The molecular weight excluding hydrogens is 238 g/mol. The van der Waals surface area contributed by atoms with Crippen LogP contribution in [0.5, 0.6) is 0 Å². The van der Waals surface area contributed by atoms with Gasteiger partial charge >= 0.3 is 0 Å². The molecule has 98 valence electrons. The van der Waals surface area contributed by atoms with Crippen LogP contribution in [0.25, 0.3) is 0 Å². The van der Waals surface area contributed by atoms with Gasteiger partial charge in [0.05, 0.1) is 0 Å². The number of piperidine rings is 1. The van der Waals surface area contributed by atoms with Gasteiger partial charge in [0.15, 0.2) is 0 Å². The third-order valence-electron chi connectivity index (χ3n) is 3.21. The summed E-state index contributed by atoms with van der Waals surface area (Å²) in [6.07, 6.45) is 1.37. The summed E-state index contributed by atoms with van der Waals surface area (Å²) >= 11 is 0. The number of para-hydroxylation sites is 1. The maximum Gasteiger partial charge on any atom is 0.227 e. The summed E-state index contributed by atoms with van der Waals surface area (Å²) in [6, 6.07) is 3.78. The maximum absolute atomic E-state index is 13.4. The summed E-state index contributed by atoms with van der Waals surface area (Å²) in [4.78, 5) is 11.9. The molecule has 1 amide bonds. The van der Waals surface area contributed by atoms with E-state index in [4.69, 9.17) is 0 Å². The van der Waals surface area contributed by atoms with Crippen LogP contribution in [-0.4, -0.2) is 18.5 Å². The number of anilines is 1. The highest BCUT2D eigenvalue weighted by atomic mass is 19.1. The number of hydrogen-bond acceptors (Lipinski definition) is 2. The average Bonchev–Trinajstić information content (AvgIpc) is 2.34. The van der Waals surface area contributed by atoms with E-state index in [-0.39, 0.29) is 23.6 Å². The smallest absolute Gasteiger partial charge is 0.227 e. The number of halogens is 2. The molecule has 2 unspecified atom stereocenters. The zero-order valence-corrected chi connectivity index (χ0v) is 10.2. The van der Waals surface area contributed by atoms with Crippen LogP contribution >= 0.6 is 0 Å². The molecule has 0 spiro atoms. The minimum atomic E-state index is -0.745. The van der Waals surface area contributed by atoms with Gasteiger partial charge in [0, 0.05) is 12.0 Å². The summed E-state index contributed by atoms with van der Waals surface area (Å²) in [7, 11) is 0. The van der Waals surface area contributed by atoms with Crippen molar-refractivity contribution in [3.8, 4) is 0 Å². The number of carbonyl (C=O) groups excluding carboxylic acids is 1. The van der Waals surface area contributed by atoms with Crippen molar-refractivity contribution in [2.45, 2.75) is 25.8 Å². The molecule has 1 aromatic rings. The SMILES string of the molecule is CC1CC(C(=O)Nc2c(F)cccc2F)CCN1. The quantitative estimate of drug-likeness (QED) is 0.850. The summed E-state index contributed by atoms with van der Waals surface area (Å²) in [5.74, 6) is -2.00. The maximum atomic E-state index is 13.4. The van der Waals surface area contributed by atoms with Crippen LogP contribution < -0.4 is 10.6 Å². The van der Waals surface area contributed by atoms with E-state index in [9.17, 15) is 13.6 Å². The van der Waals surface area contributed by atoms with Gasteiger partial charge in [-0.3, -0.25) is 4.79 Å². The Bertz CT molecular complexity index is 430. The van der Waals surface area contributed by atoms with E-state index >= 15 is 0 Å². The van der Waals surface area contributed by atoms with Crippen LogP contribution in [0, 0.1) is 17.6 Å². The van der Waals surface area contributed by atoms with Crippen LogP contribution in [0.15, 0.2) is 18.2 Å². The fraction of sp³-hybridized carbons (Fsp3) is 0.462. The molecule has 18 heavy (non-hydrogen) atoms. The normalized spacial score (nSPS) is 23.7. The Labute approximate surface area is 105 Å². The van der Waals surface area contributed by atoms with E-state index in [1.165, 1.54) is 6.07 Å². The molecule has 2 atom stereocenters. The van der Waals surface area contributed by atoms with Crippen LogP contribution in [0.1, 0.15) is 19.8 Å². The molecule has 0 radical (unpaired) electrons. The molecule has 1 aromatic carbocycles. The minimum Gasteiger partial charge on any atom is -0.321 e. The lowest BCUT2D eigenvalue weighted by Gasteiger charge is -2.27. The van der Waals surface area contributed by atoms with E-state index < -0.39 is 11.6 Å². The molecule has 0 aliphatic carbocycles. The number of amides is 1. The summed E-state index contributed by atoms with van der Waals surface area (Å²) in [5, 5.41) is 5.58. The number of hydrogen-bond donors (Lipinski definition) is 2. The first-order chi connectivity index (χ1) is 8.58. The Morgan fingerprint density at radius 1 is 1.39 bits per heavy atom. The predicted molar refractivity (Wildman–Crippen MR) is 65.2 cm³/mol. The number of carbonyl (C=O) groups is 1. The molecule has 0 saturated carbocycles. The Morgan fingerprint density at radius 3 is 2.67 bits per heavy atom. The first-order valence-electron chi connectivity index (χ1n) is 6.06. The number of benzene rings is 1. The van der Waals surface area contributed by atoms with E-state index in [2.05, 4.69) is 10.6 Å². The molecule has 1 saturated heterocycles. The Balaban J connectivity index is 2.07. The van der Waals surface area contributed by atoms with Gasteiger partial charge in [0.2, 0.25) is 5.91 Å². The molecule has 1 heterocycles. The zero-order chi connectivity index (χ0) is 13.1. The second-order valence-electron chi connectivity index (χ2n) is 4.66. The Kier molecular flexibility index (Phi) is 3.91. The van der Waals surface area contributed by atoms with Crippen LogP contribution in [-0.2, 0) is 4.79 Å². The first-order valence-corrected chi connectivity index (χ1v) is 6.06. The van der Waals surface area contributed by atoms with Crippen molar-refractivity contribution in [2.75, 3.05) is 11.9 Å². The van der Waals surface area contributed by atoms with Crippen molar-refractivity contribution in [3.05, 3.63) is 29.8 Å². The van der Waals surface area contributed by atoms with Gasteiger partial charge in [0.1, 0.15) is 17.3 Å². The van der Waals surface area contributed by atoms with Gasteiger partial charge in [-0.2, -0.15) is 0 Å². The highest BCUT2D eigenvalue weighted by Gasteiger charge is 2.25. The molecule has 5 heteroatoms. The molecule has 0 aromatic heterocycles. The van der Waals surface area contributed by atoms with Crippen LogP contribution in [0.3, 0.4) is 0 Å². The van der Waals surface area contributed by atoms with Gasteiger partial charge in [-0.1, -0.05) is 6.07 Å². The largest absolute Gasteiger partial charge is 0.321 e. The van der Waals surface area contributed by atoms with Crippen LogP contribution in [0.4, 0.5) is 14.5 Å². The van der Waals surface area contributed by atoms with Crippen molar-refractivity contribution in [1.29, 1.82) is 0 Å². The van der Waals surface area contributed by atoms with Gasteiger partial charge in [-0.05, 0) is 38.4 Å². The number of nitrogens with one attached hydrogen (secondary N) is 2. The van der Waals surface area contributed by atoms with Crippen molar-refractivity contribution in [3.63, 3.8) is 0 Å². The molecule has 2 N–H and O–H groups in total. The second kappa shape index (κ2) is 5.44. The van der Waals surface area contributed by atoms with Crippen molar-refractivity contribution in [2.24, 2.45) is 5.92 Å². The molecule has 1 aliphatic heterocycles. The lowest BCUT2D eigenvalue weighted by atomic mass is 9.92. The van der Waals surface area contributed by atoms with Crippen LogP contribution in [0.2, 0.25) is 0 Å². The Morgan fingerprint density at radius 2 is 2.06 bits per heavy atom. The van der Waals surface area contributed by atoms with Gasteiger partial charge in [-0.25, -0.2) is 8.78 Å². The van der Waals surface area contributed by atoms with Gasteiger partial charge in [-0.15, -0.1) is 0 Å². The summed E-state index contributed by atoms with van der Waals surface area (Å²) < 4.78 is 26.8. The molecule has 0 bridgehead atoms. The van der Waals surface area contributed by atoms with Gasteiger partial charge < -0.3 is 10.6 Å². The van der Waals surface area contributed by atoms with Crippen molar-refractivity contribution < 1.29 is 13.6 Å². The number of rotatable bonds is 2. The third kappa shape index (κ3) is 2.85. The molecule has 1 aliphatic rings. The highest BCUT2D eigenvalue weighted by molar-refractivity contribution is 5.92. The molecule has 3 nitrogen and oxygen atoms in total. The standard InChI is InChI=1S/C13H16F2N2O/c1-8-7-9(5-6-16-8)13(18)17-12-10(14)3-2-4-11(12)15/h2-4,8-9,16H,5-7H2,1H3,(H,17,18).